The number of rotatable bonds is 7. The average molecular weight is 309 g/mol. The molecule has 0 saturated heterocycles. The fourth-order valence-corrected chi connectivity index (χ4v) is 2.69. The zero-order valence-electron chi connectivity index (χ0n) is 10.7. The Morgan fingerprint density at radius 1 is 1.42 bits per heavy atom. The lowest BCUT2D eigenvalue weighted by Gasteiger charge is -2.15. The maximum Gasteiger partial charge on any atom is 0.240 e. The summed E-state index contributed by atoms with van der Waals surface area (Å²) in [6.45, 7) is 0.399. The largest absolute Gasteiger partial charge is 0.398 e. The number of hydrogen-bond donors (Lipinski definition) is 2. The van der Waals surface area contributed by atoms with Crippen LogP contribution in [0.25, 0.3) is 0 Å². The number of sulfonamides is 1. The number of nitrogens with one attached hydrogen (secondary N) is 1. The van der Waals surface area contributed by atoms with Gasteiger partial charge in [0.2, 0.25) is 10.0 Å². The van der Waals surface area contributed by atoms with Gasteiger partial charge >= 0.3 is 0 Å². The molecule has 1 aromatic rings. The molecule has 3 N–H and O–H groups in total. The highest BCUT2D eigenvalue weighted by Gasteiger charge is 2.17. The maximum atomic E-state index is 12.0. The molecule has 0 aliphatic heterocycles. The fourth-order valence-electron chi connectivity index (χ4n) is 1.36. The van der Waals surface area contributed by atoms with Crippen LogP contribution in [-0.2, 0) is 19.5 Å². The van der Waals surface area contributed by atoms with Gasteiger partial charge in [0.25, 0.3) is 0 Å². The molecule has 0 spiro atoms. The summed E-state index contributed by atoms with van der Waals surface area (Å²) in [7, 11) is -0.650. The summed E-state index contributed by atoms with van der Waals surface area (Å²) in [6, 6.07) is 4.14. The van der Waals surface area contributed by atoms with Crippen molar-refractivity contribution in [3.05, 3.63) is 23.2 Å². The molecule has 0 bridgehead atoms. The summed E-state index contributed by atoms with van der Waals surface area (Å²) < 4.78 is 36.4. The zero-order valence-corrected chi connectivity index (χ0v) is 12.3. The second-order valence-corrected chi connectivity index (χ2v) is 6.02. The Morgan fingerprint density at radius 3 is 2.63 bits per heavy atom. The number of nitrogen functional groups attached to an aromatic ring is 1. The van der Waals surface area contributed by atoms with Crippen LogP contribution in [-0.4, -0.2) is 41.9 Å². The van der Waals surface area contributed by atoms with Gasteiger partial charge in [-0.3, -0.25) is 0 Å². The average Bonchev–Trinajstić information content (AvgIpc) is 2.37. The normalized spacial score (nSPS) is 13.4. The molecule has 19 heavy (non-hydrogen) atoms. The summed E-state index contributed by atoms with van der Waals surface area (Å²) in [4.78, 5) is 0.0546. The molecule has 1 atom stereocenters. The molecular formula is C11H17ClN2O4S. The molecule has 0 radical (unpaired) electrons. The molecule has 0 saturated carbocycles. The first-order valence-electron chi connectivity index (χ1n) is 5.47. The number of halogens is 1. The van der Waals surface area contributed by atoms with Gasteiger partial charge in [-0.05, 0) is 18.2 Å². The SMILES string of the molecule is COCC(CNS(=O)(=O)c1ccc(N)c(Cl)c1)OC. The second kappa shape index (κ2) is 7.06. The molecule has 0 heterocycles. The van der Waals surface area contributed by atoms with Crippen molar-refractivity contribution in [1.82, 2.24) is 4.72 Å². The predicted octanol–water partition coefficient (Wildman–Crippen LogP) is 0.862. The standard InChI is InChI=1S/C11H17ClN2O4S/c1-17-7-8(18-2)6-14-19(15,16)9-3-4-11(13)10(12)5-9/h3-5,8,14H,6-7,13H2,1-2H3. The van der Waals surface area contributed by atoms with Crippen LogP contribution in [0.4, 0.5) is 5.69 Å². The first-order valence-corrected chi connectivity index (χ1v) is 7.33. The van der Waals surface area contributed by atoms with Crippen molar-refractivity contribution in [1.29, 1.82) is 0 Å². The lowest BCUT2D eigenvalue weighted by atomic mass is 10.3. The summed E-state index contributed by atoms with van der Waals surface area (Å²) in [5, 5.41) is 0.197. The van der Waals surface area contributed by atoms with Crippen molar-refractivity contribution in [2.45, 2.75) is 11.0 Å². The molecule has 6 nitrogen and oxygen atoms in total. The van der Waals surface area contributed by atoms with Crippen molar-refractivity contribution in [3.8, 4) is 0 Å². The van der Waals surface area contributed by atoms with Crippen molar-refractivity contribution in [2.75, 3.05) is 33.1 Å². The van der Waals surface area contributed by atoms with Gasteiger partial charge in [-0.2, -0.15) is 0 Å². The Labute approximate surface area is 117 Å². The van der Waals surface area contributed by atoms with Crippen LogP contribution in [0.1, 0.15) is 0 Å². The molecule has 8 heteroatoms. The lowest BCUT2D eigenvalue weighted by molar-refractivity contribution is 0.0320. The predicted molar refractivity (Wildman–Crippen MR) is 73.7 cm³/mol. The maximum absolute atomic E-state index is 12.0. The first kappa shape index (κ1) is 16.2. The highest BCUT2D eigenvalue weighted by molar-refractivity contribution is 7.89. The van der Waals surface area contributed by atoms with Gasteiger partial charge in [-0.25, -0.2) is 13.1 Å². The molecule has 0 amide bonds. The van der Waals surface area contributed by atoms with E-state index in [-0.39, 0.29) is 22.6 Å². The summed E-state index contributed by atoms with van der Waals surface area (Å²) in [5.74, 6) is 0. The molecule has 1 aromatic carbocycles. The van der Waals surface area contributed by atoms with Crippen LogP contribution in [0.15, 0.2) is 23.1 Å². The van der Waals surface area contributed by atoms with Gasteiger partial charge < -0.3 is 15.2 Å². The minimum absolute atomic E-state index is 0.0546. The van der Waals surface area contributed by atoms with E-state index in [1.165, 1.54) is 32.4 Å². The van der Waals surface area contributed by atoms with Crippen molar-refractivity contribution in [3.63, 3.8) is 0 Å². The Kier molecular flexibility index (Phi) is 6.02. The van der Waals surface area contributed by atoms with E-state index in [1.54, 1.807) is 0 Å². The number of methoxy groups -OCH3 is 2. The molecule has 0 aliphatic rings. The summed E-state index contributed by atoms with van der Waals surface area (Å²) in [6.07, 6.45) is -0.357. The highest BCUT2D eigenvalue weighted by Crippen LogP contribution is 2.22. The quantitative estimate of drug-likeness (QED) is 0.729. The number of hydrogen-bond acceptors (Lipinski definition) is 5. The van der Waals surface area contributed by atoms with E-state index in [2.05, 4.69) is 4.72 Å². The van der Waals surface area contributed by atoms with Gasteiger partial charge in [-0.15, -0.1) is 0 Å². The Morgan fingerprint density at radius 2 is 2.11 bits per heavy atom. The monoisotopic (exact) mass is 308 g/mol. The number of benzene rings is 1. The van der Waals surface area contributed by atoms with Gasteiger partial charge in [0, 0.05) is 20.8 Å². The topological polar surface area (TPSA) is 90.7 Å². The molecule has 0 aliphatic carbocycles. The van der Waals surface area contributed by atoms with E-state index in [0.29, 0.717) is 12.3 Å². The smallest absolute Gasteiger partial charge is 0.240 e. The number of anilines is 1. The van der Waals surface area contributed by atoms with E-state index in [9.17, 15) is 8.42 Å². The van der Waals surface area contributed by atoms with E-state index < -0.39 is 10.0 Å². The van der Waals surface area contributed by atoms with Crippen LogP contribution in [0.5, 0.6) is 0 Å². The van der Waals surface area contributed by atoms with Gasteiger partial charge in [0.15, 0.2) is 0 Å². The summed E-state index contributed by atoms with van der Waals surface area (Å²) in [5.41, 5.74) is 5.86. The molecule has 1 unspecified atom stereocenters. The highest BCUT2D eigenvalue weighted by atomic mass is 35.5. The Hall–Kier alpha value is -0.860. The Bertz CT molecular complexity index is 521. The lowest BCUT2D eigenvalue weighted by Crippen LogP contribution is -2.35. The van der Waals surface area contributed by atoms with Crippen LogP contribution < -0.4 is 10.5 Å². The third-order valence-corrected chi connectivity index (χ3v) is 4.22. The molecule has 108 valence electrons. The number of ether oxygens (including phenoxy) is 2. The van der Waals surface area contributed by atoms with Crippen LogP contribution in [0.3, 0.4) is 0 Å². The third kappa shape index (κ3) is 4.63. The van der Waals surface area contributed by atoms with Crippen molar-refractivity contribution >= 4 is 27.3 Å². The minimum Gasteiger partial charge on any atom is -0.398 e. The van der Waals surface area contributed by atoms with E-state index in [4.69, 9.17) is 26.8 Å². The van der Waals surface area contributed by atoms with Gasteiger partial charge in [0.05, 0.1) is 28.3 Å². The molecular weight excluding hydrogens is 292 g/mol. The third-order valence-electron chi connectivity index (χ3n) is 2.47. The van der Waals surface area contributed by atoms with E-state index in [0.717, 1.165) is 0 Å². The second-order valence-electron chi connectivity index (χ2n) is 3.85. The zero-order chi connectivity index (χ0) is 14.5. The number of nitrogens with two attached hydrogens (primary N) is 1. The van der Waals surface area contributed by atoms with Crippen molar-refractivity contribution in [2.24, 2.45) is 0 Å². The molecule has 0 aromatic heterocycles. The molecule has 0 fully saturated rings. The fraction of sp³-hybridized carbons (Fsp3) is 0.455. The van der Waals surface area contributed by atoms with Gasteiger partial charge in [0.1, 0.15) is 0 Å². The molecule has 1 rings (SSSR count). The van der Waals surface area contributed by atoms with E-state index >= 15 is 0 Å². The first-order chi connectivity index (χ1) is 8.90. The van der Waals surface area contributed by atoms with Crippen LogP contribution in [0.2, 0.25) is 5.02 Å². The Balaban J connectivity index is 2.78. The van der Waals surface area contributed by atoms with Gasteiger partial charge in [-0.1, -0.05) is 11.6 Å². The van der Waals surface area contributed by atoms with Crippen molar-refractivity contribution < 1.29 is 17.9 Å². The van der Waals surface area contributed by atoms with Crippen LogP contribution in [0, 0.1) is 0 Å². The van der Waals surface area contributed by atoms with Crippen LogP contribution >= 0.6 is 11.6 Å². The minimum atomic E-state index is -3.65. The van der Waals surface area contributed by atoms with E-state index in [1.807, 2.05) is 0 Å². The summed E-state index contributed by atoms with van der Waals surface area (Å²) >= 11 is 5.80.